The molecular weight excluding hydrogens is 673 g/mol. The fraction of sp³-hybridized carbons (Fsp3) is 0.0588. The third-order valence-corrected chi connectivity index (χ3v) is 12.1. The molecule has 0 amide bonds. The first-order valence-corrected chi connectivity index (χ1v) is 18.7. The summed E-state index contributed by atoms with van der Waals surface area (Å²) in [6, 6.07) is 53.6. The predicted octanol–water partition coefficient (Wildman–Crippen LogP) is 13.9. The zero-order chi connectivity index (χ0) is 36.6. The van der Waals surface area contributed by atoms with Crippen LogP contribution in [0.3, 0.4) is 0 Å². The number of hydrogen-bond donors (Lipinski definition) is 0. The number of pyridine rings is 1. The largest absolute Gasteiger partial charge is 0.455 e. The molecule has 12 rings (SSSR count). The first kappa shape index (κ1) is 30.3. The monoisotopic (exact) mass is 702 g/mol. The summed E-state index contributed by atoms with van der Waals surface area (Å²) in [6.45, 7) is 4.54. The third-order valence-electron chi connectivity index (χ3n) is 12.1. The second-order valence-corrected chi connectivity index (χ2v) is 15.3. The van der Waals surface area contributed by atoms with E-state index in [9.17, 15) is 5.26 Å². The van der Waals surface area contributed by atoms with Gasteiger partial charge in [0.25, 0.3) is 0 Å². The normalized spacial score (nSPS) is 13.4. The number of furan rings is 2. The van der Waals surface area contributed by atoms with E-state index in [2.05, 4.69) is 129 Å². The molecule has 0 atom stereocenters. The number of nitriles is 1. The van der Waals surface area contributed by atoms with Crippen LogP contribution in [0.25, 0.3) is 110 Å². The highest BCUT2D eigenvalue weighted by molar-refractivity contribution is 6.29. The van der Waals surface area contributed by atoms with E-state index in [1.54, 1.807) is 0 Å². The average molecular weight is 703 g/mol. The highest BCUT2D eigenvalue weighted by atomic mass is 16.3. The van der Waals surface area contributed by atoms with Crippen LogP contribution in [0.5, 0.6) is 0 Å². The molecule has 3 aromatic heterocycles. The number of nitrogens with zero attached hydrogens (tertiary/aromatic N) is 2. The molecule has 0 spiro atoms. The average Bonchev–Trinajstić information content (AvgIpc) is 3.88. The number of fused-ring (bicyclic) bond motifs is 14. The number of hydrogen-bond acceptors (Lipinski definition) is 4. The summed E-state index contributed by atoms with van der Waals surface area (Å²) in [6.07, 6.45) is 0. The molecule has 8 aromatic carbocycles. The molecule has 0 fully saturated rings. The zero-order valence-electron chi connectivity index (χ0n) is 30.1. The first-order chi connectivity index (χ1) is 27.0. The van der Waals surface area contributed by atoms with Crippen molar-refractivity contribution >= 4 is 76.3 Å². The Morgan fingerprint density at radius 3 is 1.75 bits per heavy atom. The van der Waals surface area contributed by atoms with Crippen molar-refractivity contribution in [2.24, 2.45) is 0 Å². The lowest BCUT2D eigenvalue weighted by Gasteiger charge is -2.23. The van der Waals surface area contributed by atoms with E-state index in [1.807, 2.05) is 36.4 Å². The van der Waals surface area contributed by atoms with Crippen LogP contribution >= 0.6 is 0 Å². The van der Waals surface area contributed by atoms with Gasteiger partial charge in [-0.15, -0.1) is 0 Å². The summed E-state index contributed by atoms with van der Waals surface area (Å²) < 4.78 is 13.4. The van der Waals surface area contributed by atoms with Gasteiger partial charge in [-0.25, -0.2) is 4.98 Å². The zero-order valence-corrected chi connectivity index (χ0v) is 30.1. The van der Waals surface area contributed by atoms with Crippen LogP contribution in [-0.2, 0) is 5.41 Å². The molecule has 256 valence electrons. The molecule has 1 aliphatic carbocycles. The topological polar surface area (TPSA) is 63.0 Å². The second kappa shape index (κ2) is 10.7. The first-order valence-electron chi connectivity index (χ1n) is 18.7. The van der Waals surface area contributed by atoms with Gasteiger partial charge in [-0.2, -0.15) is 5.26 Å². The van der Waals surface area contributed by atoms with E-state index < -0.39 is 0 Å². The van der Waals surface area contributed by atoms with Gasteiger partial charge in [0, 0.05) is 32.5 Å². The van der Waals surface area contributed by atoms with Crippen molar-refractivity contribution in [2.45, 2.75) is 19.3 Å². The molecular formula is C51H30N2O2. The maximum Gasteiger partial charge on any atom is 0.161 e. The molecule has 0 radical (unpaired) electrons. The lowest BCUT2D eigenvalue weighted by molar-refractivity contribution is 0.660. The summed E-state index contributed by atoms with van der Waals surface area (Å²) in [5, 5.41) is 19.3. The van der Waals surface area contributed by atoms with Crippen LogP contribution in [-0.4, -0.2) is 4.98 Å². The maximum atomic E-state index is 9.72. The Labute approximate surface area is 315 Å². The van der Waals surface area contributed by atoms with E-state index in [1.165, 1.54) is 27.8 Å². The van der Waals surface area contributed by atoms with Crippen LogP contribution < -0.4 is 0 Å². The van der Waals surface area contributed by atoms with Gasteiger partial charge in [-0.3, -0.25) is 0 Å². The molecule has 0 bridgehead atoms. The minimum absolute atomic E-state index is 0.260. The lowest BCUT2D eigenvalue weighted by atomic mass is 9.80. The Kier molecular flexibility index (Phi) is 5.88. The number of aromatic nitrogens is 1. The molecule has 0 saturated heterocycles. The molecule has 4 heteroatoms. The molecule has 4 nitrogen and oxygen atoms in total. The molecule has 1 aliphatic rings. The molecule has 0 saturated carbocycles. The lowest BCUT2D eigenvalue weighted by Crippen LogP contribution is -2.15. The molecule has 55 heavy (non-hydrogen) atoms. The van der Waals surface area contributed by atoms with Crippen molar-refractivity contribution < 1.29 is 8.83 Å². The van der Waals surface area contributed by atoms with Crippen LogP contribution in [0.2, 0.25) is 0 Å². The number of benzene rings is 8. The van der Waals surface area contributed by atoms with Gasteiger partial charge in [-0.05, 0) is 97.4 Å². The molecule has 3 heterocycles. The smallest absolute Gasteiger partial charge is 0.161 e. The van der Waals surface area contributed by atoms with Crippen LogP contribution in [0.1, 0.15) is 30.5 Å². The minimum Gasteiger partial charge on any atom is -0.455 e. The molecule has 11 aromatic rings. The van der Waals surface area contributed by atoms with E-state index in [0.717, 1.165) is 93.1 Å². The van der Waals surface area contributed by atoms with Crippen molar-refractivity contribution in [3.63, 3.8) is 0 Å². The van der Waals surface area contributed by atoms with Gasteiger partial charge in [-0.1, -0.05) is 117 Å². The highest BCUT2D eigenvalue weighted by Crippen LogP contribution is 2.52. The van der Waals surface area contributed by atoms with E-state index >= 15 is 0 Å². The number of rotatable bonds is 2. The third kappa shape index (κ3) is 3.97. The Bertz CT molecular complexity index is 3480. The van der Waals surface area contributed by atoms with Gasteiger partial charge in [0.2, 0.25) is 0 Å². The molecule has 0 aliphatic heterocycles. The summed E-state index contributed by atoms with van der Waals surface area (Å²) in [5.74, 6) is 0. The maximum absolute atomic E-state index is 9.72. The Hall–Kier alpha value is -7.22. The molecule has 0 unspecified atom stereocenters. The molecule has 0 N–H and O–H groups in total. The highest BCUT2D eigenvalue weighted by Gasteiger charge is 2.36. The summed E-state index contributed by atoms with van der Waals surface area (Å²) in [7, 11) is 0. The minimum atomic E-state index is -0.260. The van der Waals surface area contributed by atoms with Crippen molar-refractivity contribution in [3.8, 4) is 39.6 Å². The summed E-state index contributed by atoms with van der Waals surface area (Å²) in [5.41, 5.74) is 13.6. The van der Waals surface area contributed by atoms with Crippen molar-refractivity contribution in [1.82, 2.24) is 4.98 Å². The summed E-state index contributed by atoms with van der Waals surface area (Å²) >= 11 is 0. The second-order valence-electron chi connectivity index (χ2n) is 15.3. The Morgan fingerprint density at radius 1 is 0.509 bits per heavy atom. The van der Waals surface area contributed by atoms with Gasteiger partial charge < -0.3 is 8.83 Å². The van der Waals surface area contributed by atoms with Crippen molar-refractivity contribution in [2.75, 3.05) is 0 Å². The van der Waals surface area contributed by atoms with Crippen LogP contribution in [0.15, 0.2) is 154 Å². The SMILES string of the molecule is CC1(C)c2cc(C#N)ccc2-c2ccc(-c3c4ccccc4c(-c4nc5c(ccc6c7ccccc7oc65)c5oc6ccccc6c45)c4ccccc34)cc21. The van der Waals surface area contributed by atoms with Gasteiger partial charge in [0.1, 0.15) is 22.3 Å². The van der Waals surface area contributed by atoms with E-state index in [0.29, 0.717) is 5.56 Å². The summed E-state index contributed by atoms with van der Waals surface area (Å²) in [4.78, 5) is 5.65. The fourth-order valence-corrected chi connectivity index (χ4v) is 9.54. The van der Waals surface area contributed by atoms with Crippen LogP contribution in [0, 0.1) is 11.3 Å². The van der Waals surface area contributed by atoms with Crippen LogP contribution in [0.4, 0.5) is 0 Å². The Morgan fingerprint density at radius 2 is 1.05 bits per heavy atom. The van der Waals surface area contributed by atoms with Crippen molar-refractivity contribution in [1.29, 1.82) is 5.26 Å². The van der Waals surface area contributed by atoms with Gasteiger partial charge in [0.05, 0.1) is 22.7 Å². The van der Waals surface area contributed by atoms with Gasteiger partial charge >= 0.3 is 0 Å². The standard InChI is InChI=1S/C51H30N2O2/c1-51(2)40-25-28(27-52)19-21-30(40)31-22-20-29(26-41(31)51)44-33-12-3-5-14-35(33)45(36-15-6-4-13-34(36)44)48-46-38-16-8-10-18-43(38)54-49(46)39-24-23-37-32-11-7-9-17-42(32)55-50(37)47(39)53-48/h3-26H,1-2H3. The fourth-order valence-electron chi connectivity index (χ4n) is 9.54. The van der Waals surface area contributed by atoms with E-state index in [-0.39, 0.29) is 5.41 Å². The number of para-hydroxylation sites is 2. The van der Waals surface area contributed by atoms with E-state index in [4.69, 9.17) is 13.8 Å². The van der Waals surface area contributed by atoms with Gasteiger partial charge in [0.15, 0.2) is 5.58 Å². The quantitative estimate of drug-likeness (QED) is 0.168. The predicted molar refractivity (Wildman–Crippen MR) is 224 cm³/mol. The Balaban J connectivity index is 1.20. The van der Waals surface area contributed by atoms with Crippen molar-refractivity contribution in [3.05, 3.63) is 162 Å².